The lowest BCUT2D eigenvalue weighted by atomic mass is 10.2. The fourth-order valence-electron chi connectivity index (χ4n) is 1.77. The second kappa shape index (κ2) is 5.93. The number of pyridine rings is 1. The minimum atomic E-state index is 0.306. The number of hydrogen-bond acceptors (Lipinski definition) is 4. The van der Waals surface area contributed by atoms with Crippen LogP contribution in [0, 0.1) is 0 Å². The Labute approximate surface area is 116 Å². The summed E-state index contributed by atoms with van der Waals surface area (Å²) in [5.41, 5.74) is 7.21. The van der Waals surface area contributed by atoms with E-state index in [1.807, 2.05) is 12.1 Å². The molecule has 0 saturated heterocycles. The van der Waals surface area contributed by atoms with Gasteiger partial charge in [0, 0.05) is 23.5 Å². The van der Waals surface area contributed by atoms with Gasteiger partial charge in [0.15, 0.2) is 0 Å². The summed E-state index contributed by atoms with van der Waals surface area (Å²) in [6, 6.07) is 8.34. The molecule has 1 unspecified atom stereocenters. The Balaban J connectivity index is 2.07. The summed E-state index contributed by atoms with van der Waals surface area (Å²) < 4.78 is 0. The van der Waals surface area contributed by atoms with E-state index in [1.54, 1.807) is 17.5 Å². The zero-order valence-electron chi connectivity index (χ0n) is 10.1. The summed E-state index contributed by atoms with van der Waals surface area (Å²) in [5, 5.41) is 5.50. The van der Waals surface area contributed by atoms with Crippen molar-refractivity contribution in [1.82, 2.24) is 4.98 Å². The van der Waals surface area contributed by atoms with Gasteiger partial charge < -0.3 is 11.1 Å². The molecule has 0 aliphatic heterocycles. The molecule has 3 N–H and O–H groups in total. The molecular weight excluding hydrogens is 262 g/mol. The van der Waals surface area contributed by atoms with Gasteiger partial charge in [0.1, 0.15) is 10.7 Å². The Hall–Kier alpha value is -1.46. The number of thiophene rings is 1. The molecule has 0 amide bonds. The average molecular weight is 277 g/mol. The molecule has 0 fully saturated rings. The van der Waals surface area contributed by atoms with Gasteiger partial charge in [-0.05, 0) is 30.5 Å². The molecule has 2 aromatic heterocycles. The normalized spacial score (nSPS) is 12.1. The van der Waals surface area contributed by atoms with E-state index in [-0.39, 0.29) is 0 Å². The van der Waals surface area contributed by atoms with Gasteiger partial charge in [-0.3, -0.25) is 4.98 Å². The van der Waals surface area contributed by atoms with Crippen LogP contribution in [-0.4, -0.2) is 16.0 Å². The summed E-state index contributed by atoms with van der Waals surface area (Å²) in [7, 11) is 0. The molecule has 94 valence electrons. The van der Waals surface area contributed by atoms with Crippen LogP contribution < -0.4 is 11.1 Å². The van der Waals surface area contributed by atoms with E-state index in [4.69, 9.17) is 18.0 Å². The molecule has 0 aliphatic carbocycles. The highest BCUT2D eigenvalue weighted by atomic mass is 32.1. The summed E-state index contributed by atoms with van der Waals surface area (Å²) >= 11 is 6.76. The molecule has 3 nitrogen and oxygen atoms in total. The van der Waals surface area contributed by atoms with Crippen molar-refractivity contribution in [1.29, 1.82) is 0 Å². The molecule has 2 aromatic rings. The van der Waals surface area contributed by atoms with Crippen LogP contribution in [0.4, 0.5) is 5.69 Å². The highest BCUT2D eigenvalue weighted by molar-refractivity contribution is 7.80. The van der Waals surface area contributed by atoms with E-state index in [0.717, 1.165) is 12.1 Å². The summed E-state index contributed by atoms with van der Waals surface area (Å²) in [6.07, 6.45) is 2.67. The van der Waals surface area contributed by atoms with Crippen LogP contribution in [-0.2, 0) is 6.42 Å². The Bertz CT molecular complexity index is 523. The third kappa shape index (κ3) is 3.27. The van der Waals surface area contributed by atoms with Gasteiger partial charge >= 0.3 is 0 Å². The number of nitrogens with one attached hydrogen (secondary N) is 1. The molecular formula is C13H15N3S2. The molecule has 18 heavy (non-hydrogen) atoms. The first-order chi connectivity index (χ1) is 8.66. The van der Waals surface area contributed by atoms with Gasteiger partial charge in [0.05, 0.1) is 5.69 Å². The van der Waals surface area contributed by atoms with Crippen molar-refractivity contribution < 1.29 is 0 Å². The first-order valence-corrected chi connectivity index (χ1v) is 6.99. The molecule has 0 aliphatic rings. The lowest BCUT2D eigenvalue weighted by Crippen LogP contribution is -2.21. The van der Waals surface area contributed by atoms with Crippen molar-refractivity contribution in [2.45, 2.75) is 19.4 Å². The van der Waals surface area contributed by atoms with Crippen molar-refractivity contribution in [3.63, 3.8) is 0 Å². The monoisotopic (exact) mass is 277 g/mol. The standard InChI is InChI=1S/C13H15N3S2/c1-9(8-10-4-3-7-18-10)16-11-5-2-6-15-12(11)13(14)17/h2-7,9,16H,8H2,1H3,(H2,14,17). The van der Waals surface area contributed by atoms with Crippen LogP contribution >= 0.6 is 23.6 Å². The predicted octanol–water partition coefficient (Wildman–Crippen LogP) is 2.82. The van der Waals surface area contributed by atoms with Crippen LogP contribution in [0.1, 0.15) is 17.5 Å². The summed E-state index contributed by atoms with van der Waals surface area (Å²) in [4.78, 5) is 5.88. The van der Waals surface area contributed by atoms with Crippen LogP contribution in [0.25, 0.3) is 0 Å². The summed E-state index contributed by atoms with van der Waals surface area (Å²) in [5.74, 6) is 0. The maximum atomic E-state index is 5.66. The molecule has 2 heterocycles. The third-order valence-corrected chi connectivity index (χ3v) is 3.62. The van der Waals surface area contributed by atoms with Gasteiger partial charge in [0.2, 0.25) is 0 Å². The van der Waals surface area contributed by atoms with E-state index in [2.05, 4.69) is 34.7 Å². The van der Waals surface area contributed by atoms with Gasteiger partial charge in [0.25, 0.3) is 0 Å². The molecule has 0 saturated carbocycles. The van der Waals surface area contributed by atoms with E-state index in [1.165, 1.54) is 4.88 Å². The third-order valence-electron chi connectivity index (χ3n) is 2.53. The number of hydrogen-bond donors (Lipinski definition) is 2. The van der Waals surface area contributed by atoms with Gasteiger partial charge in [-0.25, -0.2) is 0 Å². The molecule has 0 aromatic carbocycles. The van der Waals surface area contributed by atoms with E-state index < -0.39 is 0 Å². The minimum absolute atomic E-state index is 0.306. The van der Waals surface area contributed by atoms with Crippen LogP contribution in [0.5, 0.6) is 0 Å². The van der Waals surface area contributed by atoms with Crippen LogP contribution in [0.15, 0.2) is 35.8 Å². The lowest BCUT2D eigenvalue weighted by molar-refractivity contribution is 0.799. The van der Waals surface area contributed by atoms with E-state index in [9.17, 15) is 0 Å². The van der Waals surface area contributed by atoms with Crippen LogP contribution in [0.2, 0.25) is 0 Å². The molecule has 2 rings (SSSR count). The first kappa shape index (κ1) is 13.0. The SMILES string of the molecule is CC(Cc1cccs1)Nc1cccnc1C(N)=S. The first-order valence-electron chi connectivity index (χ1n) is 5.70. The van der Waals surface area contributed by atoms with Crippen molar-refractivity contribution in [2.24, 2.45) is 5.73 Å². The average Bonchev–Trinajstić information content (AvgIpc) is 2.82. The van der Waals surface area contributed by atoms with Crippen molar-refractivity contribution in [2.75, 3.05) is 5.32 Å². The van der Waals surface area contributed by atoms with E-state index in [0.29, 0.717) is 16.7 Å². The maximum Gasteiger partial charge on any atom is 0.124 e. The lowest BCUT2D eigenvalue weighted by Gasteiger charge is -2.16. The number of nitrogens with two attached hydrogens (primary N) is 1. The van der Waals surface area contributed by atoms with Gasteiger partial charge in [-0.1, -0.05) is 18.3 Å². The van der Waals surface area contributed by atoms with Crippen LogP contribution in [0.3, 0.4) is 0 Å². The molecule has 0 radical (unpaired) electrons. The predicted molar refractivity (Wildman–Crippen MR) is 81.2 cm³/mol. The number of aromatic nitrogens is 1. The van der Waals surface area contributed by atoms with E-state index >= 15 is 0 Å². The second-order valence-electron chi connectivity index (χ2n) is 4.09. The second-order valence-corrected chi connectivity index (χ2v) is 5.56. The summed E-state index contributed by atoms with van der Waals surface area (Å²) in [6.45, 7) is 2.13. The fraction of sp³-hybridized carbons (Fsp3) is 0.231. The minimum Gasteiger partial charge on any atom is -0.388 e. The zero-order chi connectivity index (χ0) is 13.0. The van der Waals surface area contributed by atoms with Gasteiger partial charge in [-0.2, -0.15) is 0 Å². The molecule has 1 atom stereocenters. The Morgan fingerprint density at radius 1 is 1.50 bits per heavy atom. The quantitative estimate of drug-likeness (QED) is 0.825. The Morgan fingerprint density at radius 3 is 3.00 bits per heavy atom. The largest absolute Gasteiger partial charge is 0.388 e. The smallest absolute Gasteiger partial charge is 0.124 e. The number of thiocarbonyl (C=S) groups is 1. The van der Waals surface area contributed by atoms with Crippen molar-refractivity contribution in [3.8, 4) is 0 Å². The van der Waals surface area contributed by atoms with Crippen molar-refractivity contribution >= 4 is 34.2 Å². The topological polar surface area (TPSA) is 50.9 Å². The molecule has 0 bridgehead atoms. The zero-order valence-corrected chi connectivity index (χ0v) is 11.7. The fourth-order valence-corrected chi connectivity index (χ4v) is 2.76. The molecule has 0 spiro atoms. The highest BCUT2D eigenvalue weighted by Gasteiger charge is 2.09. The maximum absolute atomic E-state index is 5.66. The Kier molecular flexibility index (Phi) is 4.28. The Morgan fingerprint density at radius 2 is 2.33 bits per heavy atom. The number of anilines is 1. The molecule has 5 heteroatoms. The highest BCUT2D eigenvalue weighted by Crippen LogP contribution is 2.17. The number of rotatable bonds is 5. The number of nitrogens with zero attached hydrogens (tertiary/aromatic N) is 1. The van der Waals surface area contributed by atoms with Crippen molar-refractivity contribution in [3.05, 3.63) is 46.4 Å². The van der Waals surface area contributed by atoms with Gasteiger partial charge in [-0.15, -0.1) is 11.3 Å².